The minimum Gasteiger partial charge on any atom is -0.464 e. The number of anilines is 1. The van der Waals surface area contributed by atoms with E-state index in [9.17, 15) is 9.18 Å². The summed E-state index contributed by atoms with van der Waals surface area (Å²) < 4.78 is 22.9. The predicted molar refractivity (Wildman–Crippen MR) is 62.3 cm³/mol. The third-order valence-electron chi connectivity index (χ3n) is 1.96. The molecule has 0 radical (unpaired) electrons. The number of ether oxygens (including phenoxy) is 2. The number of esters is 1. The number of para-hydroxylation sites is 1. The molecular weight excluding hydrogens is 225 g/mol. The molecule has 5 heteroatoms. The second kappa shape index (κ2) is 7.62. The normalized spacial score (nSPS) is 10.0. The van der Waals surface area contributed by atoms with Crippen molar-refractivity contribution in [3.8, 4) is 0 Å². The lowest BCUT2D eigenvalue weighted by Gasteiger charge is -2.07. The van der Waals surface area contributed by atoms with E-state index in [-0.39, 0.29) is 12.4 Å². The van der Waals surface area contributed by atoms with Crippen LogP contribution in [0.15, 0.2) is 24.3 Å². The molecule has 0 unspecified atom stereocenters. The summed E-state index contributed by atoms with van der Waals surface area (Å²) >= 11 is 0. The highest BCUT2D eigenvalue weighted by atomic mass is 19.1. The number of benzene rings is 1. The Labute approximate surface area is 99.7 Å². The van der Waals surface area contributed by atoms with Crippen molar-refractivity contribution < 1.29 is 18.7 Å². The van der Waals surface area contributed by atoms with Crippen molar-refractivity contribution in [1.29, 1.82) is 0 Å². The van der Waals surface area contributed by atoms with Gasteiger partial charge in [-0.3, -0.25) is 0 Å². The molecule has 0 bridgehead atoms. The van der Waals surface area contributed by atoms with Gasteiger partial charge in [-0.2, -0.15) is 0 Å². The minimum atomic E-state index is -0.390. The van der Waals surface area contributed by atoms with E-state index >= 15 is 0 Å². The quantitative estimate of drug-likeness (QED) is 0.584. The fourth-order valence-electron chi connectivity index (χ4n) is 1.22. The molecule has 0 atom stereocenters. The van der Waals surface area contributed by atoms with Crippen LogP contribution in [0.25, 0.3) is 0 Å². The molecule has 0 fully saturated rings. The molecule has 1 aromatic carbocycles. The second-order valence-corrected chi connectivity index (χ2v) is 3.26. The highest BCUT2D eigenvalue weighted by Crippen LogP contribution is 2.11. The first-order valence-corrected chi connectivity index (χ1v) is 5.45. The molecule has 0 amide bonds. The first-order chi connectivity index (χ1) is 8.24. The number of carbonyl (C=O) groups is 1. The number of carbonyl (C=O) groups excluding carboxylic acids is 1. The van der Waals surface area contributed by atoms with Gasteiger partial charge in [-0.25, -0.2) is 9.18 Å². The predicted octanol–water partition coefficient (Wildman–Crippen LogP) is 1.82. The van der Waals surface area contributed by atoms with E-state index in [0.29, 0.717) is 25.4 Å². The van der Waals surface area contributed by atoms with Gasteiger partial charge in [-0.05, 0) is 19.1 Å². The van der Waals surface area contributed by atoms with Crippen LogP contribution in [0.4, 0.5) is 10.1 Å². The van der Waals surface area contributed by atoms with Crippen molar-refractivity contribution in [2.24, 2.45) is 0 Å². The fourth-order valence-corrected chi connectivity index (χ4v) is 1.22. The summed E-state index contributed by atoms with van der Waals surface area (Å²) in [7, 11) is 0. The standard InChI is InChI=1S/C12H16FNO3/c1-2-17-12(15)9-16-8-7-14-11-6-4-3-5-10(11)13/h3-6,14H,2,7-9H2,1H3. The number of hydrogen-bond acceptors (Lipinski definition) is 4. The Bertz CT molecular complexity index is 357. The Morgan fingerprint density at radius 2 is 2.18 bits per heavy atom. The summed E-state index contributed by atoms with van der Waals surface area (Å²) in [6, 6.07) is 6.38. The van der Waals surface area contributed by atoms with Crippen LogP contribution in [-0.4, -0.2) is 32.3 Å². The van der Waals surface area contributed by atoms with Crippen LogP contribution in [0.2, 0.25) is 0 Å². The first kappa shape index (κ1) is 13.4. The molecule has 17 heavy (non-hydrogen) atoms. The third-order valence-corrected chi connectivity index (χ3v) is 1.96. The van der Waals surface area contributed by atoms with Gasteiger partial charge in [0.2, 0.25) is 0 Å². The van der Waals surface area contributed by atoms with Crippen LogP contribution in [0.5, 0.6) is 0 Å². The van der Waals surface area contributed by atoms with Gasteiger partial charge in [0.1, 0.15) is 12.4 Å². The smallest absolute Gasteiger partial charge is 0.332 e. The molecule has 0 spiro atoms. The zero-order valence-corrected chi connectivity index (χ0v) is 9.74. The van der Waals surface area contributed by atoms with Gasteiger partial charge < -0.3 is 14.8 Å². The molecule has 1 N–H and O–H groups in total. The lowest BCUT2D eigenvalue weighted by Crippen LogP contribution is -2.16. The molecule has 0 aliphatic carbocycles. The van der Waals surface area contributed by atoms with E-state index in [0.717, 1.165) is 0 Å². The van der Waals surface area contributed by atoms with Crippen LogP contribution >= 0.6 is 0 Å². The first-order valence-electron chi connectivity index (χ1n) is 5.45. The number of rotatable bonds is 7. The van der Waals surface area contributed by atoms with Crippen molar-refractivity contribution in [2.45, 2.75) is 6.92 Å². The monoisotopic (exact) mass is 241 g/mol. The van der Waals surface area contributed by atoms with Gasteiger partial charge in [0.25, 0.3) is 0 Å². The van der Waals surface area contributed by atoms with E-state index in [1.165, 1.54) is 6.07 Å². The summed E-state index contributed by atoms with van der Waals surface area (Å²) in [5.41, 5.74) is 0.423. The Morgan fingerprint density at radius 3 is 2.88 bits per heavy atom. The molecule has 0 aliphatic rings. The molecule has 0 aliphatic heterocycles. The molecule has 0 heterocycles. The van der Waals surface area contributed by atoms with Crippen LogP contribution in [-0.2, 0) is 14.3 Å². The molecule has 0 aromatic heterocycles. The zero-order chi connectivity index (χ0) is 12.5. The van der Waals surface area contributed by atoms with Crippen LogP contribution in [0, 0.1) is 5.82 Å². The van der Waals surface area contributed by atoms with Crippen molar-refractivity contribution in [3.63, 3.8) is 0 Å². The van der Waals surface area contributed by atoms with Gasteiger partial charge in [-0.15, -0.1) is 0 Å². The maximum absolute atomic E-state index is 13.1. The zero-order valence-electron chi connectivity index (χ0n) is 9.74. The van der Waals surface area contributed by atoms with E-state index in [2.05, 4.69) is 10.1 Å². The maximum Gasteiger partial charge on any atom is 0.332 e. The fraction of sp³-hybridized carbons (Fsp3) is 0.417. The summed E-state index contributed by atoms with van der Waals surface area (Å²) in [6.45, 7) is 2.74. The highest BCUT2D eigenvalue weighted by Gasteiger charge is 2.01. The molecule has 0 saturated heterocycles. The van der Waals surface area contributed by atoms with Crippen molar-refractivity contribution in [3.05, 3.63) is 30.1 Å². The Balaban J connectivity index is 2.13. The topological polar surface area (TPSA) is 47.6 Å². The van der Waals surface area contributed by atoms with Crippen LogP contribution < -0.4 is 5.32 Å². The summed E-state index contributed by atoms with van der Waals surface area (Å²) in [5.74, 6) is -0.698. The number of nitrogens with one attached hydrogen (secondary N) is 1. The van der Waals surface area contributed by atoms with E-state index in [1.807, 2.05) is 0 Å². The van der Waals surface area contributed by atoms with E-state index < -0.39 is 5.97 Å². The number of halogens is 1. The van der Waals surface area contributed by atoms with Crippen molar-refractivity contribution >= 4 is 11.7 Å². The molecular formula is C12H16FNO3. The lowest BCUT2D eigenvalue weighted by molar-refractivity contribution is -0.148. The Kier molecular flexibility index (Phi) is 6.03. The van der Waals surface area contributed by atoms with Gasteiger partial charge in [0.15, 0.2) is 0 Å². The molecule has 1 aromatic rings. The lowest BCUT2D eigenvalue weighted by atomic mass is 10.3. The molecule has 4 nitrogen and oxygen atoms in total. The Hall–Kier alpha value is -1.62. The summed E-state index contributed by atoms with van der Waals surface area (Å²) in [4.78, 5) is 10.9. The van der Waals surface area contributed by atoms with Crippen molar-refractivity contribution in [2.75, 3.05) is 31.7 Å². The van der Waals surface area contributed by atoms with Gasteiger partial charge in [0.05, 0.1) is 18.9 Å². The third kappa shape index (κ3) is 5.31. The largest absolute Gasteiger partial charge is 0.464 e. The average molecular weight is 241 g/mol. The van der Waals surface area contributed by atoms with E-state index in [4.69, 9.17) is 4.74 Å². The summed E-state index contributed by atoms with van der Waals surface area (Å²) in [6.07, 6.45) is 0. The Morgan fingerprint density at radius 1 is 1.41 bits per heavy atom. The average Bonchev–Trinajstić information content (AvgIpc) is 2.31. The second-order valence-electron chi connectivity index (χ2n) is 3.26. The van der Waals surface area contributed by atoms with Crippen molar-refractivity contribution in [1.82, 2.24) is 0 Å². The molecule has 1 rings (SSSR count). The van der Waals surface area contributed by atoms with Crippen LogP contribution in [0.1, 0.15) is 6.92 Å². The van der Waals surface area contributed by atoms with E-state index in [1.54, 1.807) is 25.1 Å². The maximum atomic E-state index is 13.1. The molecule has 94 valence electrons. The van der Waals surface area contributed by atoms with Gasteiger partial charge >= 0.3 is 5.97 Å². The minimum absolute atomic E-state index is 0.0766. The van der Waals surface area contributed by atoms with Gasteiger partial charge in [-0.1, -0.05) is 12.1 Å². The molecule has 0 saturated carbocycles. The van der Waals surface area contributed by atoms with Crippen LogP contribution in [0.3, 0.4) is 0 Å². The highest BCUT2D eigenvalue weighted by molar-refractivity contribution is 5.70. The number of hydrogen-bond donors (Lipinski definition) is 1. The SMILES string of the molecule is CCOC(=O)COCCNc1ccccc1F. The van der Waals surface area contributed by atoms with Gasteiger partial charge in [0, 0.05) is 6.54 Å². The summed E-state index contributed by atoms with van der Waals surface area (Å²) in [5, 5.41) is 2.87.